The van der Waals surface area contributed by atoms with Crippen molar-refractivity contribution in [3.05, 3.63) is 45.1 Å². The average Bonchev–Trinajstić information content (AvgIpc) is 2.75. The summed E-state index contributed by atoms with van der Waals surface area (Å²) in [5.41, 5.74) is 0.0832. The molecule has 0 aliphatic heterocycles. The number of carbonyl (C=O) groups is 1. The van der Waals surface area contributed by atoms with E-state index >= 15 is 0 Å². The fraction of sp³-hybridized carbons (Fsp3) is 0.286. The molecule has 0 N–H and O–H groups in total. The minimum atomic E-state index is -0.506. The fourth-order valence-corrected chi connectivity index (χ4v) is 2.42. The third kappa shape index (κ3) is 2.67. The van der Waals surface area contributed by atoms with Crippen molar-refractivity contribution in [2.75, 3.05) is 0 Å². The first-order valence-electron chi connectivity index (χ1n) is 6.25. The second-order valence-corrected chi connectivity index (χ2v) is 5.89. The van der Waals surface area contributed by atoms with E-state index in [1.807, 2.05) is 20.8 Å². The van der Waals surface area contributed by atoms with E-state index in [2.05, 4.69) is 5.10 Å². The van der Waals surface area contributed by atoms with Gasteiger partial charge >= 0.3 is 0 Å². The Balaban J connectivity index is 2.77. The lowest BCUT2D eigenvalue weighted by molar-refractivity contribution is -0.384. The topological polar surface area (TPSA) is 78.0 Å². The van der Waals surface area contributed by atoms with Gasteiger partial charge in [0.15, 0.2) is 6.29 Å². The van der Waals surface area contributed by atoms with E-state index in [1.165, 1.54) is 10.7 Å². The van der Waals surface area contributed by atoms with Gasteiger partial charge < -0.3 is 0 Å². The van der Waals surface area contributed by atoms with Gasteiger partial charge in [0.1, 0.15) is 10.8 Å². The molecule has 0 radical (unpaired) electrons. The van der Waals surface area contributed by atoms with Crippen molar-refractivity contribution in [1.82, 2.24) is 9.78 Å². The van der Waals surface area contributed by atoms with Gasteiger partial charge in [0.05, 0.1) is 21.6 Å². The highest BCUT2D eigenvalue weighted by molar-refractivity contribution is 6.32. The Hall–Kier alpha value is -2.21. The Morgan fingerprint density at radius 2 is 1.95 bits per heavy atom. The van der Waals surface area contributed by atoms with E-state index in [4.69, 9.17) is 11.6 Å². The molecular weight excluding hydrogens is 294 g/mol. The second-order valence-electron chi connectivity index (χ2n) is 5.53. The fourth-order valence-electron chi connectivity index (χ4n) is 1.99. The zero-order chi connectivity index (χ0) is 15.8. The van der Waals surface area contributed by atoms with Crippen LogP contribution in [0.25, 0.3) is 11.3 Å². The standard InChI is InChI=1S/C14H14ClN3O3/c1-14(2,3)17-13(15)10(8-19)12(16-17)9-6-4-5-7-11(9)18(20)21/h4-8H,1-3H3. The van der Waals surface area contributed by atoms with E-state index < -0.39 is 10.5 Å². The first-order valence-corrected chi connectivity index (χ1v) is 6.63. The SMILES string of the molecule is CC(C)(C)n1nc(-c2ccccc2[N+](=O)[O-])c(C=O)c1Cl. The summed E-state index contributed by atoms with van der Waals surface area (Å²) in [5.74, 6) is 0. The molecule has 2 rings (SSSR count). The maximum absolute atomic E-state index is 11.3. The zero-order valence-electron chi connectivity index (χ0n) is 11.8. The lowest BCUT2D eigenvalue weighted by Gasteiger charge is -2.20. The van der Waals surface area contributed by atoms with Gasteiger partial charge in [0.25, 0.3) is 5.69 Å². The van der Waals surface area contributed by atoms with Crippen molar-refractivity contribution in [3.63, 3.8) is 0 Å². The largest absolute Gasteiger partial charge is 0.298 e. The van der Waals surface area contributed by atoms with Crippen LogP contribution in [0.5, 0.6) is 0 Å². The highest BCUT2D eigenvalue weighted by atomic mass is 35.5. The normalized spacial score (nSPS) is 11.4. The van der Waals surface area contributed by atoms with Gasteiger partial charge in [-0.15, -0.1) is 0 Å². The maximum atomic E-state index is 11.3. The summed E-state index contributed by atoms with van der Waals surface area (Å²) in [5, 5.41) is 15.6. The van der Waals surface area contributed by atoms with Crippen molar-refractivity contribution >= 4 is 23.6 Å². The molecular formula is C14H14ClN3O3. The Bertz CT molecular complexity index is 717. The molecule has 0 fully saturated rings. The number of carbonyl (C=O) groups excluding carboxylic acids is 1. The number of nitro groups is 1. The molecule has 110 valence electrons. The molecule has 0 aliphatic carbocycles. The molecule has 1 aromatic heterocycles. The van der Waals surface area contributed by atoms with Crippen LogP contribution < -0.4 is 0 Å². The summed E-state index contributed by atoms with van der Waals surface area (Å²) in [6.45, 7) is 5.64. The molecule has 1 heterocycles. The summed E-state index contributed by atoms with van der Waals surface area (Å²) < 4.78 is 1.49. The number of aldehydes is 1. The van der Waals surface area contributed by atoms with Crippen LogP contribution in [-0.4, -0.2) is 21.0 Å². The van der Waals surface area contributed by atoms with Crippen LogP contribution in [0.3, 0.4) is 0 Å². The van der Waals surface area contributed by atoms with Crippen LogP contribution in [0.1, 0.15) is 31.1 Å². The molecule has 6 nitrogen and oxygen atoms in total. The van der Waals surface area contributed by atoms with Gasteiger partial charge in [-0.05, 0) is 26.8 Å². The van der Waals surface area contributed by atoms with Crippen molar-refractivity contribution < 1.29 is 9.72 Å². The molecule has 0 amide bonds. The molecule has 0 aliphatic rings. The number of nitrogens with zero attached hydrogens (tertiary/aromatic N) is 3. The molecule has 0 saturated heterocycles. The number of para-hydroxylation sites is 1. The molecule has 0 spiro atoms. The molecule has 0 saturated carbocycles. The predicted octanol–water partition coefficient (Wildman–Crippen LogP) is 3.68. The smallest absolute Gasteiger partial charge is 0.278 e. The van der Waals surface area contributed by atoms with Gasteiger partial charge in [0.2, 0.25) is 0 Å². The number of hydrogen-bond acceptors (Lipinski definition) is 4. The molecule has 0 unspecified atom stereocenters. The predicted molar refractivity (Wildman–Crippen MR) is 79.7 cm³/mol. The van der Waals surface area contributed by atoms with Gasteiger partial charge in [-0.2, -0.15) is 5.10 Å². The lowest BCUT2D eigenvalue weighted by atomic mass is 10.1. The molecule has 1 aromatic carbocycles. The highest BCUT2D eigenvalue weighted by Gasteiger charge is 2.27. The Kier molecular flexibility index (Phi) is 3.82. The summed E-state index contributed by atoms with van der Waals surface area (Å²) in [7, 11) is 0. The van der Waals surface area contributed by atoms with Crippen molar-refractivity contribution in [2.24, 2.45) is 0 Å². The van der Waals surface area contributed by atoms with Crippen molar-refractivity contribution in [1.29, 1.82) is 0 Å². The number of hydrogen-bond donors (Lipinski definition) is 0. The molecule has 0 bridgehead atoms. The van der Waals surface area contributed by atoms with E-state index in [0.29, 0.717) is 6.29 Å². The van der Waals surface area contributed by atoms with Crippen molar-refractivity contribution in [2.45, 2.75) is 26.3 Å². The number of halogens is 1. The summed E-state index contributed by atoms with van der Waals surface area (Å²) in [6.07, 6.45) is 0.573. The van der Waals surface area contributed by atoms with Crippen LogP contribution in [-0.2, 0) is 5.54 Å². The minimum Gasteiger partial charge on any atom is -0.298 e. The van der Waals surface area contributed by atoms with Crippen LogP contribution in [0.2, 0.25) is 5.15 Å². The Morgan fingerprint density at radius 3 is 2.48 bits per heavy atom. The first-order chi connectivity index (χ1) is 9.77. The molecule has 0 atom stereocenters. The monoisotopic (exact) mass is 307 g/mol. The van der Waals surface area contributed by atoms with Gasteiger partial charge in [-0.3, -0.25) is 14.9 Å². The van der Waals surface area contributed by atoms with E-state index in [-0.39, 0.29) is 27.7 Å². The second kappa shape index (κ2) is 5.29. The third-order valence-corrected chi connectivity index (χ3v) is 3.34. The summed E-state index contributed by atoms with van der Waals surface area (Å²) in [4.78, 5) is 22.0. The summed E-state index contributed by atoms with van der Waals surface area (Å²) in [6, 6.07) is 6.14. The molecule has 7 heteroatoms. The van der Waals surface area contributed by atoms with Crippen LogP contribution in [0.15, 0.2) is 24.3 Å². The first kappa shape index (κ1) is 15.2. The van der Waals surface area contributed by atoms with Crippen LogP contribution in [0, 0.1) is 10.1 Å². The number of aromatic nitrogens is 2. The van der Waals surface area contributed by atoms with Crippen molar-refractivity contribution in [3.8, 4) is 11.3 Å². The van der Waals surface area contributed by atoms with E-state index in [9.17, 15) is 14.9 Å². The van der Waals surface area contributed by atoms with E-state index in [0.717, 1.165) is 0 Å². The number of benzene rings is 1. The third-order valence-electron chi connectivity index (χ3n) is 2.97. The lowest BCUT2D eigenvalue weighted by Crippen LogP contribution is -2.23. The quantitative estimate of drug-likeness (QED) is 0.492. The van der Waals surface area contributed by atoms with Crippen LogP contribution >= 0.6 is 11.6 Å². The molecule has 2 aromatic rings. The number of rotatable bonds is 3. The number of nitro benzene ring substituents is 1. The van der Waals surface area contributed by atoms with Gasteiger partial charge in [-0.1, -0.05) is 23.7 Å². The van der Waals surface area contributed by atoms with Crippen LogP contribution in [0.4, 0.5) is 5.69 Å². The van der Waals surface area contributed by atoms with Gasteiger partial charge in [0, 0.05) is 6.07 Å². The maximum Gasteiger partial charge on any atom is 0.278 e. The highest BCUT2D eigenvalue weighted by Crippen LogP contribution is 2.35. The summed E-state index contributed by atoms with van der Waals surface area (Å²) >= 11 is 6.20. The Labute approximate surface area is 126 Å². The average molecular weight is 308 g/mol. The van der Waals surface area contributed by atoms with E-state index in [1.54, 1.807) is 18.2 Å². The zero-order valence-corrected chi connectivity index (χ0v) is 12.6. The van der Waals surface area contributed by atoms with Gasteiger partial charge in [-0.25, -0.2) is 4.68 Å². The Morgan fingerprint density at radius 1 is 1.33 bits per heavy atom. The molecule has 21 heavy (non-hydrogen) atoms. The minimum absolute atomic E-state index is 0.115.